The molecule has 0 unspecified atom stereocenters. The second-order valence-electron chi connectivity index (χ2n) is 5.46. The lowest BCUT2D eigenvalue weighted by Crippen LogP contribution is -2.31. The van der Waals surface area contributed by atoms with Crippen LogP contribution in [0.1, 0.15) is 6.92 Å². The largest absolute Gasteiger partial charge is 0.508 e. The van der Waals surface area contributed by atoms with E-state index in [0.717, 1.165) is 16.8 Å². The zero-order valence-corrected chi connectivity index (χ0v) is 14.6. The van der Waals surface area contributed by atoms with Gasteiger partial charge in [-0.2, -0.15) is 10.4 Å². The normalized spacial score (nSPS) is 16.6. The molecule has 0 amide bonds. The molecule has 6 nitrogen and oxygen atoms in total. The number of hydrogen-bond acceptors (Lipinski definition) is 5. The lowest BCUT2D eigenvalue weighted by molar-refractivity contribution is 0.352. The molecule has 1 aromatic carbocycles. The van der Waals surface area contributed by atoms with E-state index in [1.54, 1.807) is 6.07 Å². The van der Waals surface area contributed by atoms with Crippen LogP contribution in [-0.2, 0) is 0 Å². The standard InChI is InChI=1S/C16H9Cl2F2N5O/c1-16(14(17)22-23-15(16)18)13(26)11(7-21)25-6-5-10(24-25)12-8(19)3-2-4-9(12)20/h2-6,26H,1H3. The maximum atomic E-state index is 13.9. The summed E-state index contributed by atoms with van der Waals surface area (Å²) in [4.78, 5) is 0. The quantitative estimate of drug-likeness (QED) is 0.621. The number of aliphatic hydroxyl groups excluding tert-OH is 1. The zero-order chi connectivity index (χ0) is 19.1. The number of hydrogen-bond donors (Lipinski definition) is 1. The highest BCUT2D eigenvalue weighted by molar-refractivity contribution is 6.78. The molecule has 0 spiro atoms. The summed E-state index contributed by atoms with van der Waals surface area (Å²) in [5.41, 5.74) is -2.27. The van der Waals surface area contributed by atoms with Crippen molar-refractivity contribution >= 4 is 39.2 Å². The van der Waals surface area contributed by atoms with Crippen molar-refractivity contribution < 1.29 is 13.9 Å². The Bertz CT molecular complexity index is 997. The molecule has 2 heterocycles. The number of nitriles is 1. The van der Waals surface area contributed by atoms with Crippen molar-refractivity contribution in [1.82, 2.24) is 9.78 Å². The van der Waals surface area contributed by atoms with Crippen molar-refractivity contribution in [2.75, 3.05) is 0 Å². The molecule has 10 heteroatoms. The molecule has 0 saturated heterocycles. The summed E-state index contributed by atoms with van der Waals surface area (Å²) in [6.07, 6.45) is 1.27. The Morgan fingerprint density at radius 3 is 2.31 bits per heavy atom. The number of halogens is 4. The predicted octanol–water partition coefficient (Wildman–Crippen LogP) is 4.29. The fraction of sp³-hybridized carbons (Fsp3) is 0.125. The van der Waals surface area contributed by atoms with Gasteiger partial charge in [-0.3, -0.25) is 0 Å². The maximum Gasteiger partial charge on any atom is 0.180 e. The molecule has 0 bridgehead atoms. The first-order valence-corrected chi connectivity index (χ1v) is 7.88. The van der Waals surface area contributed by atoms with Crippen molar-refractivity contribution in [2.24, 2.45) is 15.6 Å². The van der Waals surface area contributed by atoms with Crippen LogP contribution in [0, 0.1) is 28.4 Å². The van der Waals surface area contributed by atoms with Gasteiger partial charge in [-0.25, -0.2) is 13.5 Å². The molecule has 132 valence electrons. The Kier molecular flexibility index (Phi) is 4.52. The van der Waals surface area contributed by atoms with E-state index in [0.29, 0.717) is 0 Å². The number of nitrogens with zero attached hydrogens (tertiary/aromatic N) is 5. The summed E-state index contributed by atoms with van der Waals surface area (Å²) in [6, 6.07) is 6.46. The molecule has 0 atom stereocenters. The van der Waals surface area contributed by atoms with E-state index >= 15 is 0 Å². The van der Waals surface area contributed by atoms with Gasteiger partial charge >= 0.3 is 0 Å². The summed E-state index contributed by atoms with van der Waals surface area (Å²) in [5.74, 6) is -2.17. The van der Waals surface area contributed by atoms with Crippen LogP contribution in [-0.4, -0.2) is 25.2 Å². The van der Waals surface area contributed by atoms with E-state index in [4.69, 9.17) is 23.2 Å². The maximum absolute atomic E-state index is 13.9. The fourth-order valence-electron chi connectivity index (χ4n) is 2.34. The summed E-state index contributed by atoms with van der Waals surface area (Å²) in [6.45, 7) is 1.42. The van der Waals surface area contributed by atoms with Crippen LogP contribution in [0.25, 0.3) is 17.0 Å². The highest BCUT2D eigenvalue weighted by Crippen LogP contribution is 2.39. The molecule has 0 fully saturated rings. The van der Waals surface area contributed by atoms with Gasteiger partial charge in [-0.1, -0.05) is 29.3 Å². The molecule has 0 radical (unpaired) electrons. The molecular formula is C16H9Cl2F2N5O. The SMILES string of the molecule is CC1(C(O)=C(C#N)n2ccc(-c3c(F)cccc3F)n2)C(Cl)=NN=C1Cl. The number of benzene rings is 1. The third kappa shape index (κ3) is 2.66. The van der Waals surface area contributed by atoms with Gasteiger partial charge in [0.2, 0.25) is 0 Å². The van der Waals surface area contributed by atoms with E-state index in [2.05, 4.69) is 15.3 Å². The van der Waals surface area contributed by atoms with Gasteiger partial charge in [-0.15, -0.1) is 10.2 Å². The van der Waals surface area contributed by atoms with Crippen molar-refractivity contribution in [3.63, 3.8) is 0 Å². The number of rotatable bonds is 3. The van der Waals surface area contributed by atoms with Crippen molar-refractivity contribution in [2.45, 2.75) is 6.92 Å². The molecule has 1 aromatic heterocycles. The number of aliphatic hydroxyl groups is 1. The molecule has 1 N–H and O–H groups in total. The minimum absolute atomic E-state index is 0.0581. The molecule has 1 aliphatic rings. The lowest BCUT2D eigenvalue weighted by atomic mass is 9.90. The van der Waals surface area contributed by atoms with Crippen LogP contribution < -0.4 is 0 Å². The van der Waals surface area contributed by atoms with Crippen LogP contribution in [0.5, 0.6) is 0 Å². The zero-order valence-electron chi connectivity index (χ0n) is 13.1. The van der Waals surface area contributed by atoms with Gasteiger partial charge in [-0.05, 0) is 25.1 Å². The highest BCUT2D eigenvalue weighted by Gasteiger charge is 2.45. The van der Waals surface area contributed by atoms with E-state index in [9.17, 15) is 19.1 Å². The minimum Gasteiger partial charge on any atom is -0.508 e. The average Bonchev–Trinajstić information content (AvgIpc) is 3.17. The van der Waals surface area contributed by atoms with Gasteiger partial charge in [0.15, 0.2) is 5.70 Å². The van der Waals surface area contributed by atoms with Crippen molar-refractivity contribution in [1.29, 1.82) is 5.26 Å². The third-order valence-corrected chi connectivity index (χ3v) is 4.80. The molecule has 0 saturated carbocycles. The van der Waals surface area contributed by atoms with E-state index in [-0.39, 0.29) is 27.3 Å². The molecule has 0 aliphatic carbocycles. The van der Waals surface area contributed by atoms with Crippen LogP contribution in [0.15, 0.2) is 46.4 Å². The Labute approximate surface area is 156 Å². The smallest absolute Gasteiger partial charge is 0.180 e. The van der Waals surface area contributed by atoms with Gasteiger partial charge in [0.25, 0.3) is 0 Å². The second-order valence-corrected chi connectivity index (χ2v) is 6.17. The first kappa shape index (κ1) is 18.0. The summed E-state index contributed by atoms with van der Waals surface area (Å²) in [7, 11) is 0. The topological polar surface area (TPSA) is 86.6 Å². The summed E-state index contributed by atoms with van der Waals surface area (Å²) >= 11 is 11.9. The van der Waals surface area contributed by atoms with Gasteiger partial charge in [0.1, 0.15) is 39.2 Å². The minimum atomic E-state index is -1.51. The van der Waals surface area contributed by atoms with Crippen molar-refractivity contribution in [3.05, 3.63) is 47.9 Å². The molecule has 2 aromatic rings. The lowest BCUT2D eigenvalue weighted by Gasteiger charge is -2.21. The molecule has 3 rings (SSSR count). The van der Waals surface area contributed by atoms with Gasteiger partial charge < -0.3 is 5.11 Å². The van der Waals surface area contributed by atoms with Gasteiger partial charge in [0, 0.05) is 6.20 Å². The Morgan fingerprint density at radius 1 is 1.19 bits per heavy atom. The summed E-state index contributed by atoms with van der Waals surface area (Å²) in [5, 5.41) is 30.9. The molecule has 1 aliphatic heterocycles. The second kappa shape index (κ2) is 6.52. The van der Waals surface area contributed by atoms with Crippen molar-refractivity contribution in [3.8, 4) is 17.3 Å². The predicted molar refractivity (Wildman–Crippen MR) is 93.7 cm³/mol. The Balaban J connectivity index is 2.12. The van der Waals surface area contributed by atoms with Crippen LogP contribution in [0.2, 0.25) is 0 Å². The van der Waals surface area contributed by atoms with Gasteiger partial charge in [0.05, 0.1) is 11.3 Å². The van der Waals surface area contributed by atoms with Crippen LogP contribution in [0.3, 0.4) is 0 Å². The summed E-state index contributed by atoms with van der Waals surface area (Å²) < 4.78 is 28.8. The average molecular weight is 396 g/mol. The fourth-order valence-corrected chi connectivity index (χ4v) is 2.82. The Morgan fingerprint density at radius 2 is 1.77 bits per heavy atom. The third-order valence-electron chi connectivity index (χ3n) is 3.89. The first-order valence-electron chi connectivity index (χ1n) is 7.12. The first-order chi connectivity index (χ1) is 12.3. The number of allylic oxidation sites excluding steroid dienone is 2. The highest BCUT2D eigenvalue weighted by atomic mass is 35.5. The number of aromatic nitrogens is 2. The Hall–Kier alpha value is -2.76. The van der Waals surface area contributed by atoms with Crippen LogP contribution in [0.4, 0.5) is 8.78 Å². The molecular weight excluding hydrogens is 387 g/mol. The van der Waals surface area contributed by atoms with E-state index < -0.39 is 22.8 Å². The molecule has 26 heavy (non-hydrogen) atoms. The van der Waals surface area contributed by atoms with E-state index in [1.807, 2.05) is 0 Å². The van der Waals surface area contributed by atoms with E-state index in [1.165, 1.54) is 25.3 Å². The monoisotopic (exact) mass is 395 g/mol. The van der Waals surface area contributed by atoms with Crippen LogP contribution >= 0.6 is 23.2 Å².